The predicted octanol–water partition coefficient (Wildman–Crippen LogP) is 0.230. The summed E-state index contributed by atoms with van der Waals surface area (Å²) in [6.07, 6.45) is 2.65. The highest BCUT2D eigenvalue weighted by atomic mass is 16.5. The molecule has 0 aromatic rings. The predicted molar refractivity (Wildman–Crippen MR) is 60.1 cm³/mol. The van der Waals surface area contributed by atoms with Crippen molar-refractivity contribution >= 4 is 5.78 Å². The molecule has 0 aliphatic carbocycles. The first kappa shape index (κ1) is 12.6. The van der Waals surface area contributed by atoms with Gasteiger partial charge in [-0.1, -0.05) is 0 Å². The monoisotopic (exact) mass is 214 g/mol. The minimum atomic E-state index is 0.154. The summed E-state index contributed by atoms with van der Waals surface area (Å²) in [5.74, 6) is 0.154. The molecule has 1 saturated heterocycles. The zero-order valence-corrected chi connectivity index (χ0v) is 9.87. The average molecular weight is 214 g/mol. The molecule has 0 saturated carbocycles. The number of ketones is 1. The maximum Gasteiger partial charge on any atom is 0.172 e. The molecule has 0 aromatic carbocycles. The third-order valence-electron chi connectivity index (χ3n) is 2.75. The Labute approximate surface area is 92.2 Å². The summed E-state index contributed by atoms with van der Waals surface area (Å²) < 4.78 is 4.80. The molecule has 4 nitrogen and oxygen atoms in total. The number of methoxy groups -OCH3 is 1. The van der Waals surface area contributed by atoms with Crippen molar-refractivity contribution in [2.45, 2.75) is 12.8 Å². The second kappa shape index (κ2) is 6.93. The molecule has 0 amide bonds. The van der Waals surface area contributed by atoms with E-state index in [2.05, 4.69) is 9.80 Å². The van der Waals surface area contributed by atoms with E-state index < -0.39 is 0 Å². The van der Waals surface area contributed by atoms with Crippen LogP contribution in [0.15, 0.2) is 0 Å². The van der Waals surface area contributed by atoms with Gasteiger partial charge in [-0.15, -0.1) is 0 Å². The highest BCUT2D eigenvalue weighted by Crippen LogP contribution is 2.06. The summed E-state index contributed by atoms with van der Waals surface area (Å²) in [7, 11) is 3.55. The molecular weight excluding hydrogens is 192 g/mol. The Balaban J connectivity index is 2.06. The summed E-state index contributed by atoms with van der Waals surface area (Å²) in [5, 5.41) is 0. The van der Waals surface area contributed by atoms with E-state index in [9.17, 15) is 4.79 Å². The van der Waals surface area contributed by atoms with Crippen LogP contribution >= 0.6 is 0 Å². The van der Waals surface area contributed by atoms with Gasteiger partial charge in [-0.05, 0) is 33.0 Å². The molecule has 1 fully saturated rings. The Morgan fingerprint density at radius 3 is 2.67 bits per heavy atom. The van der Waals surface area contributed by atoms with E-state index in [1.807, 2.05) is 7.05 Å². The number of carbonyl (C=O) groups is 1. The standard InChI is InChI=1S/C11H22N2O2/c1-12(9-11(14)10-15-2)7-8-13-5-3-4-6-13/h3-10H2,1-2H3. The van der Waals surface area contributed by atoms with Gasteiger partial charge in [0, 0.05) is 20.2 Å². The van der Waals surface area contributed by atoms with E-state index in [1.54, 1.807) is 7.11 Å². The van der Waals surface area contributed by atoms with Crippen LogP contribution in [0.25, 0.3) is 0 Å². The van der Waals surface area contributed by atoms with Crippen molar-refractivity contribution in [1.82, 2.24) is 9.80 Å². The molecule has 0 N–H and O–H groups in total. The minimum absolute atomic E-state index is 0.154. The number of rotatable bonds is 7. The zero-order valence-electron chi connectivity index (χ0n) is 9.87. The fourth-order valence-electron chi connectivity index (χ4n) is 1.91. The molecule has 1 heterocycles. The lowest BCUT2D eigenvalue weighted by Crippen LogP contribution is -2.35. The van der Waals surface area contributed by atoms with Crippen molar-refractivity contribution in [3.8, 4) is 0 Å². The first-order valence-electron chi connectivity index (χ1n) is 5.64. The smallest absolute Gasteiger partial charge is 0.172 e. The number of carbonyl (C=O) groups excluding carboxylic acids is 1. The summed E-state index contributed by atoms with van der Waals surface area (Å²) >= 11 is 0. The molecule has 0 aromatic heterocycles. The Morgan fingerprint density at radius 1 is 1.40 bits per heavy atom. The first-order chi connectivity index (χ1) is 7.22. The van der Waals surface area contributed by atoms with E-state index in [1.165, 1.54) is 25.9 Å². The van der Waals surface area contributed by atoms with Crippen LogP contribution < -0.4 is 0 Å². The lowest BCUT2D eigenvalue weighted by molar-refractivity contribution is -0.123. The van der Waals surface area contributed by atoms with Crippen LogP contribution in [-0.2, 0) is 9.53 Å². The Kier molecular flexibility index (Phi) is 5.83. The van der Waals surface area contributed by atoms with Crippen LogP contribution in [0.2, 0.25) is 0 Å². The van der Waals surface area contributed by atoms with Gasteiger partial charge in [-0.2, -0.15) is 0 Å². The van der Waals surface area contributed by atoms with Gasteiger partial charge in [-0.3, -0.25) is 9.69 Å². The molecule has 1 rings (SSSR count). The topological polar surface area (TPSA) is 32.8 Å². The fraction of sp³-hybridized carbons (Fsp3) is 0.909. The van der Waals surface area contributed by atoms with Crippen LogP contribution in [-0.4, -0.2) is 69.1 Å². The van der Waals surface area contributed by atoms with Gasteiger partial charge in [0.2, 0.25) is 0 Å². The van der Waals surface area contributed by atoms with Gasteiger partial charge in [0.25, 0.3) is 0 Å². The van der Waals surface area contributed by atoms with Crippen molar-refractivity contribution in [3.63, 3.8) is 0 Å². The lowest BCUT2D eigenvalue weighted by atomic mass is 10.3. The molecule has 0 radical (unpaired) electrons. The van der Waals surface area contributed by atoms with Crippen LogP contribution in [0.4, 0.5) is 0 Å². The van der Waals surface area contributed by atoms with E-state index in [0.29, 0.717) is 6.54 Å². The molecule has 0 atom stereocenters. The fourth-order valence-corrected chi connectivity index (χ4v) is 1.91. The number of hydrogen-bond donors (Lipinski definition) is 0. The van der Waals surface area contributed by atoms with Crippen molar-refractivity contribution in [2.24, 2.45) is 0 Å². The van der Waals surface area contributed by atoms with E-state index in [-0.39, 0.29) is 12.4 Å². The number of hydrogen-bond acceptors (Lipinski definition) is 4. The summed E-state index contributed by atoms with van der Waals surface area (Å²) in [6.45, 7) is 5.22. The van der Waals surface area contributed by atoms with Crippen LogP contribution in [0, 0.1) is 0 Å². The summed E-state index contributed by atoms with van der Waals surface area (Å²) in [4.78, 5) is 15.8. The molecule has 1 aliphatic heterocycles. The third-order valence-corrected chi connectivity index (χ3v) is 2.75. The maximum absolute atomic E-state index is 11.3. The summed E-state index contributed by atoms with van der Waals surface area (Å²) in [5.41, 5.74) is 0. The van der Waals surface area contributed by atoms with Crippen LogP contribution in [0.5, 0.6) is 0 Å². The second-order valence-corrected chi connectivity index (χ2v) is 4.26. The minimum Gasteiger partial charge on any atom is -0.377 e. The van der Waals surface area contributed by atoms with Crippen molar-refractivity contribution in [3.05, 3.63) is 0 Å². The van der Waals surface area contributed by atoms with Gasteiger partial charge < -0.3 is 9.64 Å². The van der Waals surface area contributed by atoms with Gasteiger partial charge in [0.1, 0.15) is 6.61 Å². The first-order valence-corrected chi connectivity index (χ1v) is 5.64. The quantitative estimate of drug-likeness (QED) is 0.607. The van der Waals surface area contributed by atoms with Crippen LogP contribution in [0.1, 0.15) is 12.8 Å². The van der Waals surface area contributed by atoms with Gasteiger partial charge >= 0.3 is 0 Å². The number of Topliss-reactive ketones (excluding diaryl/α,β-unsaturated/α-hetero) is 1. The SMILES string of the molecule is COCC(=O)CN(C)CCN1CCCC1. The van der Waals surface area contributed by atoms with E-state index >= 15 is 0 Å². The maximum atomic E-state index is 11.3. The van der Waals surface area contributed by atoms with Gasteiger partial charge in [-0.25, -0.2) is 0 Å². The molecule has 4 heteroatoms. The molecule has 0 unspecified atom stereocenters. The van der Waals surface area contributed by atoms with Crippen molar-refractivity contribution in [2.75, 3.05) is 53.5 Å². The zero-order chi connectivity index (χ0) is 11.1. The number of ether oxygens (including phenoxy) is 1. The molecule has 0 bridgehead atoms. The Bertz CT molecular complexity index is 191. The largest absolute Gasteiger partial charge is 0.377 e. The van der Waals surface area contributed by atoms with E-state index in [4.69, 9.17) is 4.74 Å². The highest BCUT2D eigenvalue weighted by Gasteiger charge is 2.12. The normalized spacial score (nSPS) is 17.5. The molecule has 1 aliphatic rings. The van der Waals surface area contributed by atoms with Gasteiger partial charge in [0.05, 0.1) is 6.54 Å². The lowest BCUT2D eigenvalue weighted by Gasteiger charge is -2.20. The molecule has 0 spiro atoms. The highest BCUT2D eigenvalue weighted by molar-refractivity contribution is 5.81. The van der Waals surface area contributed by atoms with E-state index in [0.717, 1.165) is 13.1 Å². The molecule has 88 valence electrons. The van der Waals surface area contributed by atoms with Crippen molar-refractivity contribution in [1.29, 1.82) is 0 Å². The van der Waals surface area contributed by atoms with Crippen molar-refractivity contribution < 1.29 is 9.53 Å². The number of likely N-dealkylation sites (tertiary alicyclic amines) is 1. The second-order valence-electron chi connectivity index (χ2n) is 4.26. The number of likely N-dealkylation sites (N-methyl/N-ethyl adjacent to an activating group) is 1. The average Bonchev–Trinajstić information content (AvgIpc) is 2.67. The Hall–Kier alpha value is -0.450. The number of nitrogens with zero attached hydrogens (tertiary/aromatic N) is 2. The van der Waals surface area contributed by atoms with Crippen LogP contribution in [0.3, 0.4) is 0 Å². The Morgan fingerprint density at radius 2 is 2.07 bits per heavy atom. The molecule has 15 heavy (non-hydrogen) atoms. The summed E-state index contributed by atoms with van der Waals surface area (Å²) in [6, 6.07) is 0. The molecular formula is C11H22N2O2. The van der Waals surface area contributed by atoms with Gasteiger partial charge in [0.15, 0.2) is 5.78 Å². The third kappa shape index (κ3) is 5.25.